The average Bonchev–Trinajstić information content (AvgIpc) is 3.23. The molecule has 2 aliphatic rings. The average molecular weight is 378 g/mol. The summed E-state index contributed by atoms with van der Waals surface area (Å²) >= 11 is 0. The Morgan fingerprint density at radius 2 is 1.78 bits per heavy atom. The Balaban J connectivity index is 1.87. The fourth-order valence-electron chi connectivity index (χ4n) is 3.12. The summed E-state index contributed by atoms with van der Waals surface area (Å²) in [5.41, 5.74) is -0.932. The molecule has 1 atom stereocenters. The Labute approximate surface area is 151 Å². The number of nitrogens with zero attached hydrogens (tertiary/aromatic N) is 4. The molecule has 0 saturated carbocycles. The second-order valence-electron chi connectivity index (χ2n) is 6.03. The van der Waals surface area contributed by atoms with Gasteiger partial charge >= 0.3 is 5.97 Å². The molecule has 0 unspecified atom stereocenters. The Hall–Kier alpha value is -3.57. The molecule has 0 aliphatic carbocycles. The van der Waals surface area contributed by atoms with Gasteiger partial charge in [-0.3, -0.25) is 29.8 Å². The van der Waals surface area contributed by atoms with Crippen LogP contribution in [0.2, 0.25) is 0 Å². The number of benzene rings is 1. The quantitative estimate of drug-likeness (QED) is 0.416. The maximum atomic E-state index is 12.4. The third-order valence-corrected chi connectivity index (χ3v) is 4.39. The Morgan fingerprint density at radius 3 is 2.37 bits per heavy atom. The summed E-state index contributed by atoms with van der Waals surface area (Å²) in [6.07, 6.45) is 0.710. The van der Waals surface area contributed by atoms with E-state index < -0.39 is 45.0 Å². The van der Waals surface area contributed by atoms with E-state index in [1.807, 2.05) is 0 Å². The number of imide groups is 1. The lowest BCUT2D eigenvalue weighted by atomic mass is 10.2. The van der Waals surface area contributed by atoms with Gasteiger partial charge in [0.2, 0.25) is 0 Å². The zero-order chi connectivity index (χ0) is 19.7. The largest absolute Gasteiger partial charge is 0.355 e. The second kappa shape index (κ2) is 6.97. The van der Waals surface area contributed by atoms with Crippen LogP contribution in [-0.4, -0.2) is 45.3 Å². The van der Waals surface area contributed by atoms with E-state index in [2.05, 4.69) is 0 Å². The first-order valence-corrected chi connectivity index (χ1v) is 8.06. The van der Waals surface area contributed by atoms with Crippen molar-refractivity contribution in [2.24, 2.45) is 0 Å². The normalized spacial score (nSPS) is 19.5. The lowest BCUT2D eigenvalue weighted by Crippen LogP contribution is -2.42. The number of carbonyl (C=O) groups excluding carboxylic acids is 3. The van der Waals surface area contributed by atoms with Gasteiger partial charge in [-0.15, -0.1) is 5.06 Å². The van der Waals surface area contributed by atoms with E-state index in [0.717, 1.165) is 12.1 Å². The summed E-state index contributed by atoms with van der Waals surface area (Å²) in [6.45, 7) is 0.278. The summed E-state index contributed by atoms with van der Waals surface area (Å²) in [6, 6.07) is 2.18. The van der Waals surface area contributed by atoms with Crippen molar-refractivity contribution >= 4 is 34.8 Å². The number of hydrogen-bond acceptors (Lipinski definition) is 9. The molecule has 1 aromatic carbocycles. The highest BCUT2D eigenvalue weighted by Crippen LogP contribution is 2.36. The molecule has 0 bridgehead atoms. The molecule has 12 heteroatoms. The van der Waals surface area contributed by atoms with E-state index in [-0.39, 0.29) is 25.1 Å². The lowest BCUT2D eigenvalue weighted by Gasteiger charge is -2.25. The zero-order valence-corrected chi connectivity index (χ0v) is 13.9. The monoisotopic (exact) mass is 378 g/mol. The van der Waals surface area contributed by atoms with Crippen LogP contribution in [-0.2, 0) is 19.2 Å². The first kappa shape index (κ1) is 18.2. The minimum Gasteiger partial charge on any atom is -0.352 e. The summed E-state index contributed by atoms with van der Waals surface area (Å²) in [4.78, 5) is 62.6. The minimum atomic E-state index is -0.952. The molecule has 12 nitrogen and oxygen atoms in total. The van der Waals surface area contributed by atoms with Crippen molar-refractivity contribution in [3.63, 3.8) is 0 Å². The molecule has 142 valence electrons. The fourth-order valence-corrected chi connectivity index (χ4v) is 3.12. The standard InChI is InChI=1S/C15H14N4O8/c20-13-5-6-14(21)17(13)27-15(22)11-2-1-7-16(11)10-4-3-9(18(23)24)8-12(10)19(25)26/h3-4,8,11H,1-2,5-7H2/t11-/m0/s1. The van der Waals surface area contributed by atoms with Gasteiger partial charge in [-0.2, -0.15) is 0 Å². The van der Waals surface area contributed by atoms with Crippen molar-refractivity contribution in [3.8, 4) is 0 Å². The summed E-state index contributed by atoms with van der Waals surface area (Å²) in [5, 5.41) is 22.6. The molecule has 1 aromatic rings. The summed E-state index contributed by atoms with van der Waals surface area (Å²) in [5.74, 6) is -2.14. The van der Waals surface area contributed by atoms with Crippen LogP contribution in [0.25, 0.3) is 0 Å². The van der Waals surface area contributed by atoms with E-state index in [1.165, 1.54) is 11.0 Å². The molecule has 0 aromatic heterocycles. The van der Waals surface area contributed by atoms with Crippen LogP contribution in [0.15, 0.2) is 18.2 Å². The molecule has 2 fully saturated rings. The Kier molecular flexibility index (Phi) is 4.71. The summed E-state index contributed by atoms with van der Waals surface area (Å²) in [7, 11) is 0. The number of nitro benzene ring substituents is 2. The van der Waals surface area contributed by atoms with Crippen molar-refractivity contribution in [3.05, 3.63) is 38.4 Å². The lowest BCUT2D eigenvalue weighted by molar-refractivity contribution is -0.393. The Bertz CT molecular complexity index is 838. The van der Waals surface area contributed by atoms with Crippen LogP contribution in [0.5, 0.6) is 0 Å². The third kappa shape index (κ3) is 3.41. The summed E-state index contributed by atoms with van der Waals surface area (Å²) < 4.78 is 0. The molecule has 27 heavy (non-hydrogen) atoms. The van der Waals surface area contributed by atoms with Crippen LogP contribution in [0.3, 0.4) is 0 Å². The predicted octanol–water partition coefficient (Wildman–Crippen LogP) is 1.08. The van der Waals surface area contributed by atoms with E-state index in [0.29, 0.717) is 17.9 Å². The number of amides is 2. The number of nitro groups is 2. The van der Waals surface area contributed by atoms with Crippen molar-refractivity contribution < 1.29 is 29.1 Å². The smallest absolute Gasteiger partial charge is 0.352 e. The number of hydrogen-bond donors (Lipinski definition) is 0. The second-order valence-corrected chi connectivity index (χ2v) is 6.03. The topological polar surface area (TPSA) is 153 Å². The van der Waals surface area contributed by atoms with Gasteiger partial charge in [0.15, 0.2) is 0 Å². The molecule has 2 heterocycles. The molecule has 2 saturated heterocycles. The van der Waals surface area contributed by atoms with Gasteiger partial charge in [-0.05, 0) is 18.9 Å². The molecule has 0 spiro atoms. The molecule has 0 N–H and O–H groups in total. The number of non-ortho nitro benzene ring substituents is 1. The number of hydroxylamine groups is 2. The van der Waals surface area contributed by atoms with Crippen LogP contribution in [0.1, 0.15) is 25.7 Å². The van der Waals surface area contributed by atoms with Crippen LogP contribution in [0, 0.1) is 20.2 Å². The highest BCUT2D eigenvalue weighted by atomic mass is 16.7. The van der Waals surface area contributed by atoms with Gasteiger partial charge in [0.1, 0.15) is 11.7 Å². The zero-order valence-electron chi connectivity index (χ0n) is 13.9. The number of rotatable bonds is 5. The van der Waals surface area contributed by atoms with Crippen LogP contribution < -0.4 is 4.90 Å². The molecule has 2 aliphatic heterocycles. The maximum Gasteiger partial charge on any atom is 0.355 e. The molecule has 0 radical (unpaired) electrons. The van der Waals surface area contributed by atoms with E-state index in [1.54, 1.807) is 0 Å². The van der Waals surface area contributed by atoms with Crippen LogP contribution >= 0.6 is 0 Å². The molecular formula is C15H14N4O8. The molecule has 2 amide bonds. The van der Waals surface area contributed by atoms with E-state index in [4.69, 9.17) is 4.84 Å². The van der Waals surface area contributed by atoms with Crippen molar-refractivity contribution in [2.45, 2.75) is 31.7 Å². The molecular weight excluding hydrogens is 364 g/mol. The van der Waals surface area contributed by atoms with Gasteiger partial charge in [-0.25, -0.2) is 4.79 Å². The van der Waals surface area contributed by atoms with Crippen LogP contribution in [0.4, 0.5) is 17.1 Å². The highest BCUT2D eigenvalue weighted by molar-refractivity contribution is 6.02. The van der Waals surface area contributed by atoms with Crippen molar-refractivity contribution in [1.82, 2.24) is 5.06 Å². The third-order valence-electron chi connectivity index (χ3n) is 4.39. The van der Waals surface area contributed by atoms with E-state index >= 15 is 0 Å². The first-order chi connectivity index (χ1) is 12.8. The van der Waals surface area contributed by atoms with Crippen molar-refractivity contribution in [2.75, 3.05) is 11.4 Å². The van der Waals surface area contributed by atoms with Gasteiger partial charge < -0.3 is 9.74 Å². The maximum absolute atomic E-state index is 12.4. The van der Waals surface area contributed by atoms with Gasteiger partial charge in [-0.1, -0.05) is 0 Å². The predicted molar refractivity (Wildman–Crippen MR) is 87.3 cm³/mol. The van der Waals surface area contributed by atoms with Crippen molar-refractivity contribution in [1.29, 1.82) is 0 Å². The highest BCUT2D eigenvalue weighted by Gasteiger charge is 2.40. The van der Waals surface area contributed by atoms with Gasteiger partial charge in [0.25, 0.3) is 23.2 Å². The number of carbonyl (C=O) groups is 3. The first-order valence-electron chi connectivity index (χ1n) is 8.06. The molecule has 3 rings (SSSR count). The number of anilines is 1. The Morgan fingerprint density at radius 1 is 1.11 bits per heavy atom. The van der Waals surface area contributed by atoms with E-state index in [9.17, 15) is 34.6 Å². The fraction of sp³-hybridized carbons (Fsp3) is 0.400. The van der Waals surface area contributed by atoms with Gasteiger partial charge in [0.05, 0.1) is 15.9 Å². The SMILES string of the molecule is O=C(ON1C(=O)CCC1=O)[C@@H]1CCCN1c1ccc([N+](=O)[O-])cc1[N+](=O)[O-]. The van der Waals surface area contributed by atoms with Gasteiger partial charge in [0, 0.05) is 25.5 Å². The minimum absolute atomic E-state index is 0.0316.